The van der Waals surface area contributed by atoms with Crippen LogP contribution in [0.2, 0.25) is 0 Å². The van der Waals surface area contributed by atoms with Gasteiger partial charge in [-0.1, -0.05) is 74.5 Å². The Morgan fingerprint density at radius 1 is 0.676 bits per heavy atom. The van der Waals surface area contributed by atoms with E-state index in [0.29, 0.717) is 0 Å². The van der Waals surface area contributed by atoms with E-state index in [1.807, 2.05) is 74.5 Å². The van der Waals surface area contributed by atoms with Gasteiger partial charge in [-0.25, -0.2) is 0 Å². The second-order valence-corrected chi connectivity index (χ2v) is 10.3. The van der Waals surface area contributed by atoms with E-state index in [9.17, 15) is 9.59 Å². The number of carbonyl (C=O) groups excluding carboxylic acids is 2. The molecule has 0 aliphatic rings. The molecule has 0 spiro atoms. The first-order valence-electron chi connectivity index (χ1n) is 11.5. The van der Waals surface area contributed by atoms with Crippen molar-refractivity contribution in [1.29, 1.82) is 0 Å². The Labute approximate surface area is 205 Å². The quantitative estimate of drug-likeness (QED) is 0.249. The minimum absolute atomic E-state index is 0.154. The zero-order valence-electron chi connectivity index (χ0n) is 21.5. The molecule has 0 fully saturated rings. The molecule has 7 heteroatoms. The van der Waals surface area contributed by atoms with Crippen LogP contribution in [0.4, 0.5) is 0 Å². The van der Waals surface area contributed by atoms with Crippen molar-refractivity contribution in [3.8, 4) is 0 Å². The van der Waals surface area contributed by atoms with Crippen molar-refractivity contribution in [3.63, 3.8) is 0 Å². The summed E-state index contributed by atoms with van der Waals surface area (Å²) in [5.41, 5.74) is 0.220. The van der Waals surface area contributed by atoms with Gasteiger partial charge in [-0.2, -0.15) is 0 Å². The number of carbonyl (C=O) groups is 2. The number of benzene rings is 2. The van der Waals surface area contributed by atoms with Gasteiger partial charge < -0.3 is 18.5 Å². The van der Waals surface area contributed by atoms with Crippen LogP contribution in [0.5, 0.6) is 0 Å². The molecule has 2 rings (SSSR count). The Balaban J connectivity index is 0.00000281. The topological polar surface area (TPSA) is 71.1 Å². The highest BCUT2D eigenvalue weighted by molar-refractivity contribution is 7.46. The van der Waals surface area contributed by atoms with E-state index in [2.05, 4.69) is 0 Å². The van der Waals surface area contributed by atoms with Gasteiger partial charge in [-0.15, -0.1) is 0 Å². The third kappa shape index (κ3) is 10.8. The van der Waals surface area contributed by atoms with Crippen molar-refractivity contribution in [3.05, 3.63) is 71.8 Å². The predicted octanol–water partition coefficient (Wildman–Crippen LogP) is 6.53. The maximum Gasteiger partial charge on any atom is 0.314 e. The van der Waals surface area contributed by atoms with Crippen LogP contribution in [-0.2, 0) is 41.3 Å². The highest BCUT2D eigenvalue weighted by Crippen LogP contribution is 2.38. The molecule has 0 heterocycles. The molecule has 0 saturated heterocycles. The van der Waals surface area contributed by atoms with Gasteiger partial charge in [-0.3, -0.25) is 9.59 Å². The Morgan fingerprint density at radius 2 is 1.00 bits per heavy atom. The van der Waals surface area contributed by atoms with Gasteiger partial charge in [0.2, 0.25) is 0 Å². The molecule has 0 unspecified atom stereocenters. The maximum atomic E-state index is 12.4. The van der Waals surface area contributed by atoms with Crippen LogP contribution in [0, 0.1) is 10.8 Å². The molecule has 0 saturated carbocycles. The molecule has 0 amide bonds. The first kappa shape index (κ1) is 29.8. The van der Waals surface area contributed by atoms with Crippen LogP contribution in [0.25, 0.3) is 0 Å². The monoisotopic (exact) mass is 490 g/mol. The molecule has 2 aromatic carbocycles. The molecule has 0 bridgehead atoms. The van der Waals surface area contributed by atoms with Gasteiger partial charge in [0.05, 0.1) is 24.0 Å². The van der Waals surface area contributed by atoms with Crippen molar-refractivity contribution in [2.75, 3.05) is 19.9 Å². The molecule has 0 atom stereocenters. The van der Waals surface area contributed by atoms with Crippen LogP contribution < -0.4 is 0 Å². The largest absolute Gasteiger partial charge is 0.460 e. The molecule has 0 aromatic heterocycles. The SMILES string of the molecule is CC.CP(OCC(C)(C)C(=O)OCc1ccccc1)OCC(C)(C)C(=O)OCc1ccccc1. The number of ether oxygens (including phenoxy) is 2. The predicted molar refractivity (Wildman–Crippen MR) is 136 cm³/mol. The van der Waals surface area contributed by atoms with Gasteiger partial charge in [0.25, 0.3) is 0 Å². The minimum Gasteiger partial charge on any atom is -0.460 e. The summed E-state index contributed by atoms with van der Waals surface area (Å²) in [7, 11) is -1.28. The summed E-state index contributed by atoms with van der Waals surface area (Å²) >= 11 is 0. The summed E-state index contributed by atoms with van der Waals surface area (Å²) in [6.45, 7) is 13.6. The first-order valence-corrected chi connectivity index (χ1v) is 13.1. The third-order valence-corrected chi connectivity index (χ3v) is 5.73. The zero-order chi connectivity index (χ0) is 25.6. The normalized spacial score (nSPS) is 11.4. The van der Waals surface area contributed by atoms with E-state index in [0.717, 1.165) is 11.1 Å². The van der Waals surface area contributed by atoms with Crippen LogP contribution in [0.3, 0.4) is 0 Å². The standard InChI is InChI=1S/C25H33O6P.C2H6/c1-24(2,22(26)28-16-20-12-8-6-9-13-20)18-30-32(5)31-19-25(3,4)23(27)29-17-21-14-10-7-11-15-21;1-2/h6-15H,16-19H2,1-5H3;1-2H3. The van der Waals surface area contributed by atoms with Gasteiger partial charge in [0.15, 0.2) is 8.38 Å². The van der Waals surface area contributed by atoms with E-state index < -0.39 is 19.2 Å². The lowest BCUT2D eigenvalue weighted by Crippen LogP contribution is -2.32. The Hall–Kier alpha value is -2.27. The molecule has 0 radical (unpaired) electrons. The lowest BCUT2D eigenvalue weighted by atomic mass is 9.95. The van der Waals surface area contributed by atoms with E-state index in [-0.39, 0.29) is 38.4 Å². The van der Waals surface area contributed by atoms with Crippen LogP contribution in [0.1, 0.15) is 52.7 Å². The molecule has 0 aliphatic heterocycles. The summed E-state index contributed by atoms with van der Waals surface area (Å²) < 4.78 is 22.4. The maximum absolute atomic E-state index is 12.4. The molecule has 2 aromatic rings. The summed E-state index contributed by atoms with van der Waals surface area (Å²) in [6, 6.07) is 19.1. The van der Waals surface area contributed by atoms with Crippen LogP contribution in [0.15, 0.2) is 60.7 Å². The van der Waals surface area contributed by atoms with E-state index in [4.69, 9.17) is 18.5 Å². The zero-order valence-corrected chi connectivity index (χ0v) is 22.4. The molecular formula is C27H39O6P. The van der Waals surface area contributed by atoms with Gasteiger partial charge >= 0.3 is 11.9 Å². The first-order chi connectivity index (χ1) is 16.1. The summed E-state index contributed by atoms with van der Waals surface area (Å²) in [6.07, 6.45) is 0. The van der Waals surface area contributed by atoms with Gasteiger partial charge in [-0.05, 0) is 38.8 Å². The van der Waals surface area contributed by atoms with Gasteiger partial charge in [0, 0.05) is 6.66 Å². The number of esters is 2. The fraction of sp³-hybridized carbons (Fsp3) is 0.481. The highest BCUT2D eigenvalue weighted by atomic mass is 31.2. The average molecular weight is 491 g/mol. The Bertz CT molecular complexity index is 780. The van der Waals surface area contributed by atoms with Crippen molar-refractivity contribution in [2.24, 2.45) is 10.8 Å². The second-order valence-electron chi connectivity index (χ2n) is 8.88. The van der Waals surface area contributed by atoms with Crippen molar-refractivity contribution < 1.29 is 28.1 Å². The number of hydrogen-bond donors (Lipinski definition) is 0. The minimum atomic E-state index is -1.28. The fourth-order valence-corrected chi connectivity index (χ4v) is 3.58. The van der Waals surface area contributed by atoms with E-state index in [1.54, 1.807) is 34.4 Å². The van der Waals surface area contributed by atoms with Crippen LogP contribution in [-0.4, -0.2) is 31.8 Å². The molecule has 188 valence electrons. The summed E-state index contributed by atoms with van der Waals surface area (Å²) in [5, 5.41) is 0. The number of rotatable bonds is 12. The average Bonchev–Trinajstić information content (AvgIpc) is 2.85. The van der Waals surface area contributed by atoms with Crippen LogP contribution >= 0.6 is 8.38 Å². The summed E-state index contributed by atoms with van der Waals surface area (Å²) in [4.78, 5) is 24.9. The fourth-order valence-electron chi connectivity index (χ4n) is 2.50. The summed E-state index contributed by atoms with van der Waals surface area (Å²) in [5.74, 6) is -0.677. The van der Waals surface area contributed by atoms with Crippen molar-refractivity contribution >= 4 is 20.3 Å². The molecular weight excluding hydrogens is 451 g/mol. The third-order valence-electron chi connectivity index (χ3n) is 4.75. The second kappa shape index (κ2) is 14.9. The smallest absolute Gasteiger partial charge is 0.314 e. The van der Waals surface area contributed by atoms with Crippen molar-refractivity contribution in [2.45, 2.75) is 54.8 Å². The molecule has 0 N–H and O–H groups in total. The highest BCUT2D eigenvalue weighted by Gasteiger charge is 2.33. The Kier molecular flexibility index (Phi) is 13.0. The number of hydrogen-bond acceptors (Lipinski definition) is 6. The Morgan fingerprint density at radius 3 is 1.32 bits per heavy atom. The van der Waals surface area contributed by atoms with Crippen molar-refractivity contribution in [1.82, 2.24) is 0 Å². The lowest BCUT2D eigenvalue weighted by molar-refractivity contribution is -0.157. The molecule has 6 nitrogen and oxygen atoms in total. The van der Waals surface area contributed by atoms with Gasteiger partial charge in [0.1, 0.15) is 13.2 Å². The lowest BCUT2D eigenvalue weighted by Gasteiger charge is -2.27. The molecule has 34 heavy (non-hydrogen) atoms. The molecule has 0 aliphatic carbocycles. The van der Waals surface area contributed by atoms with E-state index >= 15 is 0 Å². The van der Waals surface area contributed by atoms with E-state index in [1.165, 1.54) is 0 Å².